The van der Waals surface area contributed by atoms with Crippen molar-refractivity contribution in [1.82, 2.24) is 25.3 Å². The first-order valence-electron chi connectivity index (χ1n) is 9.50. The van der Waals surface area contributed by atoms with Crippen LogP contribution in [0.2, 0.25) is 0 Å². The average Bonchev–Trinajstić information content (AvgIpc) is 3.24. The number of amides is 2. The molecule has 2 amide bonds. The first-order valence-corrected chi connectivity index (χ1v) is 10.4. The molecule has 4 heterocycles. The summed E-state index contributed by atoms with van der Waals surface area (Å²) in [5.74, 6) is 0.486. The maximum absolute atomic E-state index is 12.7. The van der Waals surface area contributed by atoms with Crippen molar-refractivity contribution in [3.63, 3.8) is 0 Å². The number of ether oxygens (including phenoxy) is 1. The lowest BCUT2D eigenvalue weighted by atomic mass is 9.90. The summed E-state index contributed by atoms with van der Waals surface area (Å²) in [5, 5.41) is 3.24. The maximum atomic E-state index is 12.7. The Bertz CT molecular complexity index is 863. The second-order valence-corrected chi connectivity index (χ2v) is 8.56. The van der Waals surface area contributed by atoms with Gasteiger partial charge in [0.2, 0.25) is 5.95 Å². The molecule has 2 aromatic rings. The quantitative estimate of drug-likeness (QED) is 0.812. The number of aromatic nitrogens is 2. The fourth-order valence-electron chi connectivity index (χ4n) is 3.64. The van der Waals surface area contributed by atoms with Gasteiger partial charge in [-0.3, -0.25) is 9.69 Å². The van der Waals surface area contributed by atoms with Gasteiger partial charge in [-0.15, -0.1) is 11.3 Å². The summed E-state index contributed by atoms with van der Waals surface area (Å²) in [6, 6.07) is 3.58. The van der Waals surface area contributed by atoms with Gasteiger partial charge >= 0.3 is 6.09 Å². The van der Waals surface area contributed by atoms with Crippen LogP contribution in [0.15, 0.2) is 29.9 Å². The lowest BCUT2D eigenvalue weighted by Gasteiger charge is -2.46. The Morgan fingerprint density at radius 1 is 1.31 bits per heavy atom. The van der Waals surface area contributed by atoms with Crippen molar-refractivity contribution in [3.05, 3.63) is 40.3 Å². The second-order valence-electron chi connectivity index (χ2n) is 7.61. The van der Waals surface area contributed by atoms with Crippen LogP contribution in [0, 0.1) is 0 Å². The Balaban J connectivity index is 1.37. The number of hydrazine groups is 1. The highest BCUT2D eigenvalue weighted by Gasteiger charge is 2.45. The van der Waals surface area contributed by atoms with Crippen LogP contribution in [0.3, 0.4) is 0 Å². The van der Waals surface area contributed by atoms with E-state index in [1.165, 1.54) is 16.3 Å². The molecule has 1 spiro atoms. The van der Waals surface area contributed by atoms with E-state index in [1.807, 2.05) is 42.8 Å². The molecule has 0 bridgehead atoms. The van der Waals surface area contributed by atoms with E-state index in [4.69, 9.17) is 4.74 Å². The summed E-state index contributed by atoms with van der Waals surface area (Å²) in [4.78, 5) is 38.2. The average molecular weight is 417 g/mol. The van der Waals surface area contributed by atoms with Crippen molar-refractivity contribution in [3.8, 4) is 0 Å². The molecule has 0 saturated carbocycles. The fourth-order valence-corrected chi connectivity index (χ4v) is 4.31. The van der Waals surface area contributed by atoms with E-state index in [-0.39, 0.29) is 5.91 Å². The molecule has 2 aromatic heterocycles. The van der Waals surface area contributed by atoms with Crippen LogP contribution in [0.1, 0.15) is 28.1 Å². The molecule has 29 heavy (non-hydrogen) atoms. The number of nitrogens with one attached hydrogen (secondary N) is 1. The van der Waals surface area contributed by atoms with Gasteiger partial charge in [0.15, 0.2) is 0 Å². The largest absolute Gasteiger partial charge is 0.440 e. The molecule has 0 radical (unpaired) electrons. The highest BCUT2D eigenvalue weighted by atomic mass is 32.1. The number of hydrogen-bond donors (Lipinski definition) is 1. The van der Waals surface area contributed by atoms with E-state index in [9.17, 15) is 9.59 Å². The highest BCUT2D eigenvalue weighted by Crippen LogP contribution is 2.31. The van der Waals surface area contributed by atoms with Gasteiger partial charge in [0.25, 0.3) is 5.91 Å². The fraction of sp³-hybridized carbons (Fsp3) is 0.474. The zero-order valence-corrected chi connectivity index (χ0v) is 17.3. The van der Waals surface area contributed by atoms with Gasteiger partial charge in [0.1, 0.15) is 5.60 Å². The van der Waals surface area contributed by atoms with E-state index in [0.717, 1.165) is 25.2 Å². The molecular weight excluding hydrogens is 392 g/mol. The van der Waals surface area contributed by atoms with Gasteiger partial charge in [-0.1, -0.05) is 6.07 Å². The van der Waals surface area contributed by atoms with Crippen LogP contribution < -0.4 is 10.3 Å². The summed E-state index contributed by atoms with van der Waals surface area (Å²) >= 11 is 1.36. The standard InChI is InChI=1S/C19H24N6O3S/c1-23(2)17-20-10-14(11-21-17)12-24-7-5-19(6-8-24)13-25(22-18(27)28-19)16(26)15-4-3-9-29-15/h3-4,9-11H,5-8,12-13H2,1-2H3,(H,22,27). The van der Waals surface area contributed by atoms with Gasteiger partial charge in [0.05, 0.1) is 11.4 Å². The molecule has 2 saturated heterocycles. The van der Waals surface area contributed by atoms with E-state index in [2.05, 4.69) is 20.3 Å². The van der Waals surface area contributed by atoms with Gasteiger partial charge in [-0.05, 0) is 11.4 Å². The Hall–Kier alpha value is -2.72. The molecular formula is C19H24N6O3S. The number of hydrogen-bond acceptors (Lipinski definition) is 8. The summed E-state index contributed by atoms with van der Waals surface area (Å²) in [5.41, 5.74) is 2.94. The Kier molecular flexibility index (Phi) is 5.37. The van der Waals surface area contributed by atoms with Crippen molar-refractivity contribution in [2.45, 2.75) is 25.0 Å². The van der Waals surface area contributed by atoms with Crippen molar-refractivity contribution in [2.75, 3.05) is 38.6 Å². The molecule has 10 heteroatoms. The Morgan fingerprint density at radius 3 is 2.66 bits per heavy atom. The van der Waals surface area contributed by atoms with Gasteiger partial charge in [0, 0.05) is 64.5 Å². The second kappa shape index (κ2) is 7.96. The van der Waals surface area contributed by atoms with Crippen LogP contribution in [-0.4, -0.2) is 71.2 Å². The third-order valence-corrected chi connectivity index (χ3v) is 6.08. The van der Waals surface area contributed by atoms with Crippen LogP contribution in [0.25, 0.3) is 0 Å². The monoisotopic (exact) mass is 416 g/mol. The topological polar surface area (TPSA) is 90.9 Å². The van der Waals surface area contributed by atoms with Crippen LogP contribution in [0.4, 0.5) is 10.7 Å². The number of carbonyl (C=O) groups excluding carboxylic acids is 2. The third kappa shape index (κ3) is 4.33. The maximum Gasteiger partial charge on any atom is 0.426 e. The van der Waals surface area contributed by atoms with Crippen LogP contribution >= 0.6 is 11.3 Å². The first-order chi connectivity index (χ1) is 13.9. The van der Waals surface area contributed by atoms with Crippen molar-refractivity contribution < 1.29 is 14.3 Å². The molecule has 2 aliphatic rings. The lowest BCUT2D eigenvalue weighted by molar-refractivity contribution is -0.0887. The minimum atomic E-state index is -0.642. The third-order valence-electron chi connectivity index (χ3n) is 5.22. The number of rotatable bonds is 4. The number of piperidine rings is 1. The smallest absolute Gasteiger partial charge is 0.426 e. The number of anilines is 1. The Labute approximate surface area is 173 Å². The summed E-state index contributed by atoms with van der Waals surface area (Å²) in [7, 11) is 3.82. The van der Waals surface area contributed by atoms with Crippen molar-refractivity contribution in [1.29, 1.82) is 0 Å². The molecule has 0 aliphatic carbocycles. The minimum absolute atomic E-state index is 0.198. The van der Waals surface area contributed by atoms with Gasteiger partial charge in [-0.25, -0.2) is 25.2 Å². The number of carbonyl (C=O) groups is 2. The van der Waals surface area contributed by atoms with E-state index in [0.29, 0.717) is 30.2 Å². The summed E-state index contributed by atoms with van der Waals surface area (Å²) in [6.45, 7) is 2.63. The molecule has 0 atom stereocenters. The van der Waals surface area contributed by atoms with Gasteiger partial charge < -0.3 is 9.64 Å². The van der Waals surface area contributed by atoms with E-state index in [1.54, 1.807) is 6.07 Å². The normalized spacial score (nSPS) is 19.0. The zero-order chi connectivity index (χ0) is 20.4. The van der Waals surface area contributed by atoms with Crippen LogP contribution in [0.5, 0.6) is 0 Å². The molecule has 9 nitrogen and oxygen atoms in total. The predicted octanol–water partition coefficient (Wildman–Crippen LogP) is 1.74. The zero-order valence-electron chi connectivity index (χ0n) is 16.5. The molecule has 154 valence electrons. The molecule has 4 rings (SSSR count). The Morgan fingerprint density at radius 2 is 2.03 bits per heavy atom. The molecule has 1 N–H and O–H groups in total. The SMILES string of the molecule is CN(C)c1ncc(CN2CCC3(CC2)CN(C(=O)c2cccs2)NC(=O)O3)cn1. The van der Waals surface area contributed by atoms with Gasteiger partial charge in [-0.2, -0.15) is 0 Å². The molecule has 0 unspecified atom stereocenters. The first kappa shape index (κ1) is 19.6. The number of nitrogens with zero attached hydrogens (tertiary/aromatic N) is 5. The highest BCUT2D eigenvalue weighted by molar-refractivity contribution is 7.12. The number of likely N-dealkylation sites (tertiary alicyclic amines) is 1. The molecule has 0 aromatic carbocycles. The summed E-state index contributed by atoms with van der Waals surface area (Å²) < 4.78 is 5.66. The van der Waals surface area contributed by atoms with Crippen LogP contribution in [-0.2, 0) is 11.3 Å². The van der Waals surface area contributed by atoms with E-state index < -0.39 is 11.7 Å². The minimum Gasteiger partial charge on any atom is -0.440 e. The summed E-state index contributed by atoms with van der Waals surface area (Å²) in [6.07, 6.45) is 4.47. The molecule has 2 aliphatic heterocycles. The number of thiophene rings is 1. The van der Waals surface area contributed by atoms with E-state index >= 15 is 0 Å². The predicted molar refractivity (Wildman–Crippen MR) is 109 cm³/mol. The van der Waals surface area contributed by atoms with Crippen molar-refractivity contribution in [2.24, 2.45) is 0 Å². The lowest BCUT2D eigenvalue weighted by Crippen LogP contribution is -2.63. The molecule has 2 fully saturated rings. The van der Waals surface area contributed by atoms with Crippen molar-refractivity contribution >= 4 is 29.3 Å².